The van der Waals surface area contributed by atoms with E-state index in [-0.39, 0.29) is 4.90 Å². The molecule has 6 heteroatoms. The molecule has 2 rings (SSSR count). The van der Waals surface area contributed by atoms with Crippen LogP contribution in [0.15, 0.2) is 27.6 Å². The number of benzene rings is 1. The first-order valence-corrected chi connectivity index (χ1v) is 8.71. The molecular weight excluding hydrogens is 330 g/mol. The Hall–Kier alpha value is -0.590. The number of ether oxygens (including phenoxy) is 1. The van der Waals surface area contributed by atoms with Crippen LogP contribution in [0, 0.1) is 0 Å². The SMILES string of the molecule is CCOc1ccc(Br)cc1S(=O)(=O)N1CCCCC1. The van der Waals surface area contributed by atoms with Gasteiger partial charge in [0.2, 0.25) is 10.0 Å². The van der Waals surface area contributed by atoms with Crippen molar-refractivity contribution in [2.24, 2.45) is 0 Å². The molecule has 0 spiro atoms. The number of halogens is 1. The molecule has 0 atom stereocenters. The molecule has 0 N–H and O–H groups in total. The maximum atomic E-state index is 12.7. The lowest BCUT2D eigenvalue weighted by Gasteiger charge is -2.26. The Kier molecular flexibility index (Phi) is 4.86. The van der Waals surface area contributed by atoms with Crippen molar-refractivity contribution in [1.82, 2.24) is 4.31 Å². The lowest BCUT2D eigenvalue weighted by Crippen LogP contribution is -2.35. The van der Waals surface area contributed by atoms with E-state index in [1.165, 1.54) is 0 Å². The second-order valence-electron chi connectivity index (χ2n) is 4.49. The molecule has 0 aliphatic carbocycles. The highest BCUT2D eigenvalue weighted by Crippen LogP contribution is 2.31. The summed E-state index contributed by atoms with van der Waals surface area (Å²) in [7, 11) is -3.46. The molecule has 1 fully saturated rings. The predicted octanol–water partition coefficient (Wildman–Crippen LogP) is 3.02. The number of nitrogens with zero attached hydrogens (tertiary/aromatic N) is 1. The average Bonchev–Trinajstić information content (AvgIpc) is 2.42. The van der Waals surface area contributed by atoms with E-state index in [0.717, 1.165) is 23.7 Å². The molecule has 1 aliphatic rings. The Balaban J connectivity index is 2.40. The summed E-state index contributed by atoms with van der Waals surface area (Å²) < 4.78 is 33.1. The van der Waals surface area contributed by atoms with E-state index in [1.807, 2.05) is 6.92 Å². The number of rotatable bonds is 4. The van der Waals surface area contributed by atoms with Crippen molar-refractivity contribution in [3.8, 4) is 5.75 Å². The molecule has 0 aromatic heterocycles. The number of piperidine rings is 1. The van der Waals surface area contributed by atoms with E-state index in [4.69, 9.17) is 4.74 Å². The van der Waals surface area contributed by atoms with Crippen molar-refractivity contribution in [2.45, 2.75) is 31.1 Å². The van der Waals surface area contributed by atoms with Crippen LogP contribution in [0.4, 0.5) is 0 Å². The molecule has 1 aromatic rings. The molecule has 1 aliphatic heterocycles. The van der Waals surface area contributed by atoms with Gasteiger partial charge in [-0.05, 0) is 38.0 Å². The first kappa shape index (κ1) is 14.8. The van der Waals surface area contributed by atoms with Crippen LogP contribution in [-0.2, 0) is 10.0 Å². The minimum atomic E-state index is -3.46. The van der Waals surface area contributed by atoms with E-state index in [1.54, 1.807) is 22.5 Å². The maximum absolute atomic E-state index is 12.7. The fourth-order valence-electron chi connectivity index (χ4n) is 2.20. The Morgan fingerprint density at radius 2 is 1.95 bits per heavy atom. The Labute approximate surface area is 122 Å². The second kappa shape index (κ2) is 6.24. The summed E-state index contributed by atoms with van der Waals surface area (Å²) in [5.41, 5.74) is 0. The van der Waals surface area contributed by atoms with Crippen LogP contribution in [0.2, 0.25) is 0 Å². The van der Waals surface area contributed by atoms with Crippen molar-refractivity contribution in [2.75, 3.05) is 19.7 Å². The highest BCUT2D eigenvalue weighted by molar-refractivity contribution is 9.10. The first-order valence-electron chi connectivity index (χ1n) is 6.48. The summed E-state index contributed by atoms with van der Waals surface area (Å²) in [5.74, 6) is 0.427. The summed E-state index contributed by atoms with van der Waals surface area (Å²) in [5, 5.41) is 0. The molecular formula is C13H18BrNO3S. The van der Waals surface area contributed by atoms with Crippen molar-refractivity contribution < 1.29 is 13.2 Å². The summed E-state index contributed by atoms with van der Waals surface area (Å²) in [4.78, 5) is 0.255. The number of hydrogen-bond acceptors (Lipinski definition) is 3. The molecule has 0 amide bonds. The van der Waals surface area contributed by atoms with Crippen LogP contribution in [0.3, 0.4) is 0 Å². The van der Waals surface area contributed by atoms with E-state index < -0.39 is 10.0 Å². The lowest BCUT2D eigenvalue weighted by atomic mass is 10.2. The van der Waals surface area contributed by atoms with Crippen LogP contribution < -0.4 is 4.74 Å². The normalized spacial score (nSPS) is 17.4. The standard InChI is InChI=1S/C13H18BrNO3S/c1-2-18-12-7-6-11(14)10-13(12)19(16,17)15-8-4-3-5-9-15/h6-7,10H,2-5,8-9H2,1H3. The molecule has 0 unspecified atom stereocenters. The van der Waals surface area contributed by atoms with E-state index >= 15 is 0 Å². The van der Waals surface area contributed by atoms with Crippen LogP contribution >= 0.6 is 15.9 Å². The predicted molar refractivity (Wildman–Crippen MR) is 77.9 cm³/mol. The smallest absolute Gasteiger partial charge is 0.246 e. The minimum Gasteiger partial charge on any atom is -0.492 e. The molecule has 1 heterocycles. The van der Waals surface area contributed by atoms with Gasteiger partial charge in [-0.2, -0.15) is 4.31 Å². The Morgan fingerprint density at radius 3 is 2.58 bits per heavy atom. The van der Waals surface area contributed by atoms with Gasteiger partial charge in [-0.3, -0.25) is 0 Å². The highest BCUT2D eigenvalue weighted by Gasteiger charge is 2.29. The topological polar surface area (TPSA) is 46.6 Å². The van der Waals surface area contributed by atoms with Crippen LogP contribution in [-0.4, -0.2) is 32.4 Å². The zero-order chi connectivity index (χ0) is 13.9. The summed E-state index contributed by atoms with van der Waals surface area (Å²) in [6.07, 6.45) is 2.96. The van der Waals surface area contributed by atoms with Gasteiger partial charge < -0.3 is 4.74 Å². The van der Waals surface area contributed by atoms with Crippen LogP contribution in [0.1, 0.15) is 26.2 Å². The maximum Gasteiger partial charge on any atom is 0.246 e. The highest BCUT2D eigenvalue weighted by atomic mass is 79.9. The quantitative estimate of drug-likeness (QED) is 0.840. The zero-order valence-electron chi connectivity index (χ0n) is 10.9. The van der Waals surface area contributed by atoms with Crippen LogP contribution in [0.25, 0.3) is 0 Å². The van der Waals surface area contributed by atoms with Gasteiger partial charge in [0, 0.05) is 17.6 Å². The molecule has 1 aromatic carbocycles. The lowest BCUT2D eigenvalue weighted by molar-refractivity contribution is 0.322. The zero-order valence-corrected chi connectivity index (χ0v) is 13.3. The van der Waals surface area contributed by atoms with Crippen molar-refractivity contribution in [3.63, 3.8) is 0 Å². The largest absolute Gasteiger partial charge is 0.492 e. The molecule has 0 radical (unpaired) electrons. The summed E-state index contributed by atoms with van der Waals surface area (Å²) >= 11 is 3.33. The summed E-state index contributed by atoms with van der Waals surface area (Å²) in [6.45, 7) is 3.49. The first-order chi connectivity index (χ1) is 9.05. The van der Waals surface area contributed by atoms with Crippen LogP contribution in [0.5, 0.6) is 5.75 Å². The Bertz CT molecular complexity index is 539. The van der Waals surface area contributed by atoms with Crippen molar-refractivity contribution in [3.05, 3.63) is 22.7 Å². The monoisotopic (exact) mass is 347 g/mol. The van der Waals surface area contributed by atoms with Gasteiger partial charge >= 0.3 is 0 Å². The minimum absolute atomic E-state index is 0.255. The summed E-state index contributed by atoms with van der Waals surface area (Å²) in [6, 6.07) is 5.11. The number of sulfonamides is 1. The third-order valence-corrected chi connectivity index (χ3v) is 5.55. The third kappa shape index (κ3) is 3.30. The molecule has 19 heavy (non-hydrogen) atoms. The van der Waals surface area contributed by atoms with E-state index in [2.05, 4.69) is 15.9 Å². The van der Waals surface area contributed by atoms with Gasteiger partial charge in [-0.25, -0.2) is 8.42 Å². The van der Waals surface area contributed by atoms with Crippen molar-refractivity contribution in [1.29, 1.82) is 0 Å². The van der Waals surface area contributed by atoms with E-state index in [9.17, 15) is 8.42 Å². The fourth-order valence-corrected chi connectivity index (χ4v) is 4.39. The van der Waals surface area contributed by atoms with Gasteiger partial charge in [0.25, 0.3) is 0 Å². The molecule has 106 valence electrons. The van der Waals surface area contributed by atoms with Gasteiger partial charge in [0.1, 0.15) is 10.6 Å². The van der Waals surface area contributed by atoms with Gasteiger partial charge in [-0.15, -0.1) is 0 Å². The van der Waals surface area contributed by atoms with Gasteiger partial charge in [-0.1, -0.05) is 22.4 Å². The Morgan fingerprint density at radius 1 is 1.26 bits per heavy atom. The molecule has 0 bridgehead atoms. The fraction of sp³-hybridized carbons (Fsp3) is 0.538. The van der Waals surface area contributed by atoms with Gasteiger partial charge in [0.15, 0.2) is 0 Å². The van der Waals surface area contributed by atoms with Crippen molar-refractivity contribution >= 4 is 26.0 Å². The third-order valence-electron chi connectivity index (χ3n) is 3.14. The average molecular weight is 348 g/mol. The van der Waals surface area contributed by atoms with Gasteiger partial charge in [0.05, 0.1) is 6.61 Å². The second-order valence-corrected chi connectivity index (χ2v) is 7.31. The number of hydrogen-bond donors (Lipinski definition) is 0. The molecule has 4 nitrogen and oxygen atoms in total. The molecule has 0 saturated carbocycles. The van der Waals surface area contributed by atoms with E-state index in [0.29, 0.717) is 25.4 Å². The molecule has 1 saturated heterocycles.